The molecule has 2 unspecified atom stereocenters. The van der Waals surface area contributed by atoms with Gasteiger partial charge in [0.05, 0.1) is 19.1 Å². The SMILES string of the molecule is CCC(C)OC(=O)CC(C)N(CC(=O)O)Cc1ccccc1. The zero-order chi connectivity index (χ0) is 16.5. The van der Waals surface area contributed by atoms with Crippen molar-refractivity contribution in [2.24, 2.45) is 0 Å². The Labute approximate surface area is 131 Å². The van der Waals surface area contributed by atoms with Gasteiger partial charge < -0.3 is 9.84 Å². The number of carboxylic acids is 1. The van der Waals surface area contributed by atoms with Crippen molar-refractivity contribution in [3.8, 4) is 0 Å². The second-order valence-electron chi connectivity index (χ2n) is 5.55. The molecule has 0 spiro atoms. The van der Waals surface area contributed by atoms with Crippen molar-refractivity contribution in [1.29, 1.82) is 0 Å². The Hall–Kier alpha value is -1.88. The number of esters is 1. The lowest BCUT2D eigenvalue weighted by Crippen LogP contribution is -2.38. The molecule has 1 rings (SSSR count). The Kier molecular flexibility index (Phi) is 7.60. The van der Waals surface area contributed by atoms with Crippen LogP contribution in [-0.2, 0) is 20.9 Å². The van der Waals surface area contributed by atoms with E-state index in [4.69, 9.17) is 9.84 Å². The minimum atomic E-state index is -0.905. The summed E-state index contributed by atoms with van der Waals surface area (Å²) in [5.74, 6) is -1.19. The van der Waals surface area contributed by atoms with Crippen molar-refractivity contribution >= 4 is 11.9 Å². The maximum atomic E-state index is 11.9. The van der Waals surface area contributed by atoms with E-state index in [1.807, 2.05) is 51.1 Å². The predicted octanol–water partition coefficient (Wildman–Crippen LogP) is 2.69. The van der Waals surface area contributed by atoms with Gasteiger partial charge in [-0.2, -0.15) is 0 Å². The number of nitrogens with zero attached hydrogens (tertiary/aromatic N) is 1. The van der Waals surface area contributed by atoms with Crippen molar-refractivity contribution in [1.82, 2.24) is 4.90 Å². The van der Waals surface area contributed by atoms with E-state index in [0.717, 1.165) is 12.0 Å². The quantitative estimate of drug-likeness (QED) is 0.711. The molecule has 0 saturated heterocycles. The molecule has 0 bridgehead atoms. The number of rotatable bonds is 9. The van der Waals surface area contributed by atoms with Crippen LogP contribution in [0.1, 0.15) is 39.2 Å². The topological polar surface area (TPSA) is 66.8 Å². The highest BCUT2D eigenvalue weighted by molar-refractivity contribution is 5.71. The molecule has 0 aliphatic carbocycles. The van der Waals surface area contributed by atoms with Gasteiger partial charge >= 0.3 is 11.9 Å². The molecule has 1 aromatic carbocycles. The smallest absolute Gasteiger partial charge is 0.317 e. The summed E-state index contributed by atoms with van der Waals surface area (Å²) in [6, 6.07) is 9.43. The summed E-state index contributed by atoms with van der Waals surface area (Å²) in [7, 11) is 0. The van der Waals surface area contributed by atoms with Crippen LogP contribution >= 0.6 is 0 Å². The van der Waals surface area contributed by atoms with Crippen LogP contribution in [0.25, 0.3) is 0 Å². The van der Waals surface area contributed by atoms with Gasteiger partial charge in [0.15, 0.2) is 0 Å². The fraction of sp³-hybridized carbons (Fsp3) is 0.529. The molecule has 0 aromatic heterocycles. The number of benzene rings is 1. The third-order valence-electron chi connectivity index (χ3n) is 3.56. The van der Waals surface area contributed by atoms with E-state index in [1.165, 1.54) is 0 Å². The van der Waals surface area contributed by atoms with Crippen LogP contribution < -0.4 is 0 Å². The monoisotopic (exact) mass is 307 g/mol. The average Bonchev–Trinajstić information content (AvgIpc) is 2.46. The lowest BCUT2D eigenvalue weighted by Gasteiger charge is -2.27. The third kappa shape index (κ3) is 6.72. The molecule has 0 heterocycles. The van der Waals surface area contributed by atoms with Crippen molar-refractivity contribution in [3.63, 3.8) is 0 Å². The van der Waals surface area contributed by atoms with Gasteiger partial charge in [0.2, 0.25) is 0 Å². The summed E-state index contributed by atoms with van der Waals surface area (Å²) < 4.78 is 5.26. The molecule has 0 radical (unpaired) electrons. The molecule has 0 aliphatic rings. The highest BCUT2D eigenvalue weighted by Gasteiger charge is 2.21. The van der Waals surface area contributed by atoms with E-state index in [-0.39, 0.29) is 31.1 Å². The number of carbonyl (C=O) groups excluding carboxylic acids is 1. The Bertz CT molecular complexity index is 475. The Morgan fingerprint density at radius 1 is 1.23 bits per heavy atom. The van der Waals surface area contributed by atoms with Gasteiger partial charge in [0.1, 0.15) is 0 Å². The largest absolute Gasteiger partial charge is 0.480 e. The number of carboxylic acid groups (broad SMARTS) is 1. The molecular formula is C17H25NO4. The standard InChI is InChI=1S/C17H25NO4/c1-4-14(3)22-17(21)10-13(2)18(12-16(19)20)11-15-8-6-5-7-9-15/h5-9,13-14H,4,10-12H2,1-3H3,(H,19,20). The average molecular weight is 307 g/mol. The number of hydrogen-bond acceptors (Lipinski definition) is 4. The van der Waals surface area contributed by atoms with Crippen LogP contribution in [0.15, 0.2) is 30.3 Å². The molecule has 5 heteroatoms. The summed E-state index contributed by atoms with van der Waals surface area (Å²) in [4.78, 5) is 24.7. The van der Waals surface area contributed by atoms with Gasteiger partial charge in [-0.05, 0) is 25.8 Å². The Balaban J connectivity index is 2.66. The van der Waals surface area contributed by atoms with Crippen LogP contribution in [0.2, 0.25) is 0 Å². The highest BCUT2D eigenvalue weighted by Crippen LogP contribution is 2.12. The lowest BCUT2D eigenvalue weighted by atomic mass is 10.1. The highest BCUT2D eigenvalue weighted by atomic mass is 16.5. The molecule has 1 N–H and O–H groups in total. The zero-order valence-corrected chi connectivity index (χ0v) is 13.5. The molecule has 122 valence electrons. The van der Waals surface area contributed by atoms with Crippen LogP contribution in [-0.4, -0.2) is 40.6 Å². The number of aliphatic carboxylic acids is 1. The summed E-state index contributed by atoms with van der Waals surface area (Å²) in [5, 5.41) is 9.07. The van der Waals surface area contributed by atoms with Gasteiger partial charge in [-0.3, -0.25) is 14.5 Å². The van der Waals surface area contributed by atoms with Crippen molar-refractivity contribution in [3.05, 3.63) is 35.9 Å². The maximum absolute atomic E-state index is 11.9. The first-order chi connectivity index (χ1) is 10.4. The minimum absolute atomic E-state index is 0.104. The first-order valence-electron chi connectivity index (χ1n) is 7.61. The number of carbonyl (C=O) groups is 2. The van der Waals surface area contributed by atoms with Crippen LogP contribution in [0.3, 0.4) is 0 Å². The normalized spacial score (nSPS) is 13.6. The van der Waals surface area contributed by atoms with Crippen molar-refractivity contribution in [2.45, 2.75) is 52.3 Å². The van der Waals surface area contributed by atoms with E-state index in [1.54, 1.807) is 4.90 Å². The molecule has 0 amide bonds. The molecule has 0 fully saturated rings. The Morgan fingerprint density at radius 2 is 1.86 bits per heavy atom. The predicted molar refractivity (Wildman–Crippen MR) is 84.4 cm³/mol. The van der Waals surface area contributed by atoms with Crippen molar-refractivity contribution in [2.75, 3.05) is 6.54 Å². The van der Waals surface area contributed by atoms with E-state index in [2.05, 4.69) is 0 Å². The van der Waals surface area contributed by atoms with Crippen LogP contribution in [0.4, 0.5) is 0 Å². The molecular weight excluding hydrogens is 282 g/mol. The third-order valence-corrected chi connectivity index (χ3v) is 3.56. The van der Waals surface area contributed by atoms with Gasteiger partial charge in [-0.1, -0.05) is 37.3 Å². The molecule has 22 heavy (non-hydrogen) atoms. The summed E-state index contributed by atoms with van der Waals surface area (Å²) in [5.41, 5.74) is 1.02. The van der Waals surface area contributed by atoms with Gasteiger partial charge in [-0.25, -0.2) is 0 Å². The fourth-order valence-corrected chi connectivity index (χ4v) is 2.09. The molecule has 5 nitrogen and oxygen atoms in total. The second-order valence-corrected chi connectivity index (χ2v) is 5.55. The minimum Gasteiger partial charge on any atom is -0.480 e. The van der Waals surface area contributed by atoms with E-state index in [9.17, 15) is 9.59 Å². The second kappa shape index (κ2) is 9.20. The van der Waals surface area contributed by atoms with E-state index in [0.29, 0.717) is 6.54 Å². The zero-order valence-electron chi connectivity index (χ0n) is 13.5. The molecule has 2 atom stereocenters. The number of hydrogen-bond donors (Lipinski definition) is 1. The van der Waals surface area contributed by atoms with Gasteiger partial charge in [0.25, 0.3) is 0 Å². The van der Waals surface area contributed by atoms with Crippen LogP contribution in [0.5, 0.6) is 0 Å². The summed E-state index contributed by atoms with van der Waals surface area (Å²) in [6.07, 6.45) is 0.842. The molecule has 1 aromatic rings. The van der Waals surface area contributed by atoms with E-state index < -0.39 is 5.97 Å². The summed E-state index contributed by atoms with van der Waals surface area (Å²) in [6.45, 7) is 6.04. The van der Waals surface area contributed by atoms with E-state index >= 15 is 0 Å². The van der Waals surface area contributed by atoms with Gasteiger partial charge in [0, 0.05) is 12.6 Å². The van der Waals surface area contributed by atoms with Gasteiger partial charge in [-0.15, -0.1) is 0 Å². The Morgan fingerprint density at radius 3 is 2.41 bits per heavy atom. The summed E-state index contributed by atoms with van der Waals surface area (Å²) >= 11 is 0. The van der Waals surface area contributed by atoms with Crippen molar-refractivity contribution < 1.29 is 19.4 Å². The van der Waals surface area contributed by atoms with Crippen LogP contribution in [0, 0.1) is 0 Å². The molecule has 0 saturated carbocycles. The molecule has 0 aliphatic heterocycles. The lowest BCUT2D eigenvalue weighted by molar-refractivity contribution is -0.151. The fourth-order valence-electron chi connectivity index (χ4n) is 2.09. The first-order valence-corrected chi connectivity index (χ1v) is 7.61. The number of ether oxygens (including phenoxy) is 1. The first kappa shape index (κ1) is 18.2. The maximum Gasteiger partial charge on any atom is 0.317 e.